The Labute approximate surface area is 154 Å². The second kappa shape index (κ2) is 5.47. The Morgan fingerprint density at radius 1 is 1.00 bits per heavy atom. The normalized spacial score (nSPS) is 32.4. The van der Waals surface area contributed by atoms with Crippen LogP contribution < -0.4 is 0 Å². The van der Waals surface area contributed by atoms with Gasteiger partial charge in [-0.3, -0.25) is 4.90 Å². The molecule has 5 unspecified atom stereocenters. The van der Waals surface area contributed by atoms with Crippen molar-refractivity contribution < 1.29 is 4.42 Å². The van der Waals surface area contributed by atoms with Crippen LogP contribution in [0.5, 0.6) is 0 Å². The predicted octanol–water partition coefficient (Wildman–Crippen LogP) is 5.26. The van der Waals surface area contributed by atoms with Crippen LogP contribution in [0.25, 0.3) is 11.0 Å². The third-order valence-electron chi connectivity index (χ3n) is 7.10. The van der Waals surface area contributed by atoms with Gasteiger partial charge in [-0.1, -0.05) is 42.0 Å². The van der Waals surface area contributed by atoms with Gasteiger partial charge in [0.2, 0.25) is 0 Å². The second-order valence-corrected chi connectivity index (χ2v) is 8.64. The summed E-state index contributed by atoms with van der Waals surface area (Å²) >= 11 is 0. The summed E-state index contributed by atoms with van der Waals surface area (Å²) in [5.41, 5.74) is 5.44. The summed E-state index contributed by atoms with van der Waals surface area (Å²) in [5, 5.41) is 1.36. The average Bonchev–Trinajstić information content (AvgIpc) is 2.99. The Morgan fingerprint density at radius 3 is 2.73 bits per heavy atom. The van der Waals surface area contributed by atoms with Gasteiger partial charge >= 0.3 is 0 Å². The molecule has 4 heterocycles. The van der Waals surface area contributed by atoms with Gasteiger partial charge in [-0.15, -0.1) is 0 Å². The van der Waals surface area contributed by atoms with Crippen LogP contribution in [0, 0.1) is 12.8 Å². The van der Waals surface area contributed by atoms with Crippen LogP contribution in [-0.4, -0.2) is 24.0 Å². The summed E-state index contributed by atoms with van der Waals surface area (Å²) in [5.74, 6) is 3.31. The lowest BCUT2D eigenvalue weighted by Gasteiger charge is -2.53. The monoisotopic (exact) mass is 343 g/mol. The van der Waals surface area contributed by atoms with Gasteiger partial charge in [0.05, 0.1) is 0 Å². The van der Waals surface area contributed by atoms with Crippen molar-refractivity contribution in [3.8, 4) is 0 Å². The van der Waals surface area contributed by atoms with Crippen LogP contribution >= 0.6 is 0 Å². The average molecular weight is 343 g/mol. The fraction of sp³-hybridized carbons (Fsp3) is 0.417. The quantitative estimate of drug-likeness (QED) is 0.599. The van der Waals surface area contributed by atoms with Crippen LogP contribution in [-0.2, 0) is 6.42 Å². The molecule has 3 aromatic rings. The number of hydrogen-bond acceptors (Lipinski definition) is 2. The van der Waals surface area contributed by atoms with E-state index < -0.39 is 0 Å². The molecule has 0 spiro atoms. The highest BCUT2D eigenvalue weighted by Gasteiger charge is 2.50. The summed E-state index contributed by atoms with van der Waals surface area (Å²) in [6.45, 7) is 4.65. The molecule has 1 aliphatic carbocycles. The van der Waals surface area contributed by atoms with E-state index in [-0.39, 0.29) is 0 Å². The van der Waals surface area contributed by atoms with Crippen molar-refractivity contribution in [1.29, 1.82) is 0 Å². The van der Waals surface area contributed by atoms with Crippen molar-refractivity contribution in [1.82, 2.24) is 4.90 Å². The van der Waals surface area contributed by atoms with Gasteiger partial charge in [-0.05, 0) is 49.8 Å². The van der Waals surface area contributed by atoms with Crippen molar-refractivity contribution in [2.24, 2.45) is 5.92 Å². The second-order valence-electron chi connectivity index (χ2n) is 8.64. The zero-order chi connectivity index (χ0) is 17.3. The standard InChI is InChI=1S/C24H25NO/c1-15-7-8-22-20(11-15)18-9-10-25-14-16-12-19(17-5-3-2-4-6-17)23(25)21(13-16)24(18)26-22/h2-8,11,16,19,21,23H,9-10,12-14H2,1H3. The number of fused-ring (bicyclic) bond motifs is 4. The summed E-state index contributed by atoms with van der Waals surface area (Å²) in [7, 11) is 0. The molecule has 4 aliphatic rings. The third kappa shape index (κ3) is 2.08. The molecular weight excluding hydrogens is 318 g/mol. The number of hydrogen-bond donors (Lipinski definition) is 0. The zero-order valence-electron chi connectivity index (χ0n) is 15.3. The minimum absolute atomic E-state index is 0.554. The molecule has 2 saturated heterocycles. The maximum atomic E-state index is 6.52. The number of furan rings is 1. The van der Waals surface area contributed by atoms with Crippen LogP contribution in [0.4, 0.5) is 0 Å². The molecule has 5 atom stereocenters. The number of aryl methyl sites for hydroxylation is 1. The molecule has 1 aromatic heterocycles. The molecule has 26 heavy (non-hydrogen) atoms. The molecule has 0 radical (unpaired) electrons. The van der Waals surface area contributed by atoms with Crippen molar-refractivity contribution >= 4 is 11.0 Å². The van der Waals surface area contributed by atoms with Crippen molar-refractivity contribution in [2.45, 2.75) is 44.1 Å². The minimum atomic E-state index is 0.554. The molecule has 2 heteroatoms. The summed E-state index contributed by atoms with van der Waals surface area (Å²) in [4.78, 5) is 2.79. The molecule has 7 rings (SSSR count). The number of piperidine rings is 2. The summed E-state index contributed by atoms with van der Waals surface area (Å²) in [6, 6.07) is 18.5. The van der Waals surface area contributed by atoms with Crippen LogP contribution in [0.2, 0.25) is 0 Å². The predicted molar refractivity (Wildman–Crippen MR) is 105 cm³/mol. The molecular formula is C24H25NO. The Bertz CT molecular complexity index is 973. The van der Waals surface area contributed by atoms with E-state index in [0.29, 0.717) is 17.9 Å². The van der Waals surface area contributed by atoms with Gasteiger partial charge < -0.3 is 4.42 Å². The molecule has 132 valence electrons. The van der Waals surface area contributed by atoms with E-state index in [0.717, 1.165) is 17.9 Å². The Balaban J connectivity index is 1.50. The smallest absolute Gasteiger partial charge is 0.134 e. The highest BCUT2D eigenvalue weighted by Crippen LogP contribution is 2.54. The molecule has 2 aromatic carbocycles. The lowest BCUT2D eigenvalue weighted by molar-refractivity contribution is 0.0122. The lowest BCUT2D eigenvalue weighted by atomic mass is 9.64. The molecule has 1 saturated carbocycles. The van der Waals surface area contributed by atoms with Crippen molar-refractivity contribution in [2.75, 3.05) is 13.1 Å². The summed E-state index contributed by atoms with van der Waals surface area (Å²) < 4.78 is 6.52. The van der Waals surface area contributed by atoms with Crippen LogP contribution in [0.15, 0.2) is 52.9 Å². The largest absolute Gasteiger partial charge is 0.460 e. The van der Waals surface area contributed by atoms with E-state index in [4.69, 9.17) is 4.42 Å². The van der Waals surface area contributed by atoms with E-state index in [2.05, 4.69) is 60.4 Å². The SMILES string of the molecule is Cc1ccc2oc3c(c2c1)CCN1CC2CC(c4ccccc4)C1C3C2. The Kier molecular flexibility index (Phi) is 3.16. The highest BCUT2D eigenvalue weighted by atomic mass is 16.3. The topological polar surface area (TPSA) is 16.4 Å². The number of nitrogens with zero attached hydrogens (tertiary/aromatic N) is 1. The van der Waals surface area contributed by atoms with E-state index >= 15 is 0 Å². The zero-order valence-corrected chi connectivity index (χ0v) is 15.3. The molecule has 3 aliphatic heterocycles. The Morgan fingerprint density at radius 2 is 1.85 bits per heavy atom. The van der Waals surface area contributed by atoms with Crippen molar-refractivity contribution in [3.63, 3.8) is 0 Å². The van der Waals surface area contributed by atoms with E-state index in [1.807, 2.05) is 0 Å². The van der Waals surface area contributed by atoms with Crippen LogP contribution in [0.1, 0.15) is 47.1 Å². The molecule has 3 fully saturated rings. The van der Waals surface area contributed by atoms with E-state index in [1.165, 1.54) is 53.8 Å². The fourth-order valence-electron chi connectivity index (χ4n) is 6.12. The maximum Gasteiger partial charge on any atom is 0.134 e. The first kappa shape index (κ1) is 15.0. The van der Waals surface area contributed by atoms with Gasteiger partial charge in [-0.2, -0.15) is 0 Å². The molecule has 4 bridgehead atoms. The first-order chi connectivity index (χ1) is 12.8. The number of rotatable bonds is 1. The van der Waals surface area contributed by atoms with Gasteiger partial charge in [0.15, 0.2) is 0 Å². The maximum absolute atomic E-state index is 6.52. The first-order valence-electron chi connectivity index (χ1n) is 10.1. The van der Waals surface area contributed by atoms with Gasteiger partial charge in [0.25, 0.3) is 0 Å². The highest BCUT2D eigenvalue weighted by molar-refractivity contribution is 5.83. The molecule has 0 N–H and O–H groups in total. The van der Waals surface area contributed by atoms with Gasteiger partial charge in [0, 0.05) is 41.9 Å². The lowest BCUT2D eigenvalue weighted by Crippen LogP contribution is -2.55. The van der Waals surface area contributed by atoms with E-state index in [9.17, 15) is 0 Å². The molecule has 2 nitrogen and oxygen atoms in total. The first-order valence-corrected chi connectivity index (χ1v) is 10.1. The number of benzene rings is 2. The van der Waals surface area contributed by atoms with Gasteiger partial charge in [0.1, 0.15) is 11.3 Å². The van der Waals surface area contributed by atoms with Crippen molar-refractivity contribution in [3.05, 3.63) is 71.0 Å². The van der Waals surface area contributed by atoms with Crippen LogP contribution in [0.3, 0.4) is 0 Å². The molecule has 0 amide bonds. The third-order valence-corrected chi connectivity index (χ3v) is 7.10. The minimum Gasteiger partial charge on any atom is -0.460 e. The van der Waals surface area contributed by atoms with E-state index in [1.54, 1.807) is 0 Å². The summed E-state index contributed by atoms with van der Waals surface area (Å²) in [6.07, 6.45) is 3.78. The van der Waals surface area contributed by atoms with Gasteiger partial charge in [-0.25, -0.2) is 0 Å². The fourth-order valence-corrected chi connectivity index (χ4v) is 6.12. The Hall–Kier alpha value is -2.06.